The monoisotopic (exact) mass is 313 g/mol. The molecule has 3 rings (SSSR count). The van der Waals surface area contributed by atoms with E-state index in [4.69, 9.17) is 11.6 Å². The molecule has 2 aromatic rings. The van der Waals surface area contributed by atoms with Crippen LogP contribution >= 0.6 is 11.6 Å². The lowest BCUT2D eigenvalue weighted by Crippen LogP contribution is -2.03. The summed E-state index contributed by atoms with van der Waals surface area (Å²) in [4.78, 5) is 23.5. The summed E-state index contributed by atoms with van der Waals surface area (Å²) >= 11 is 5.99. The predicted molar refractivity (Wildman–Crippen MR) is 85.7 cm³/mol. The van der Waals surface area contributed by atoms with E-state index >= 15 is 0 Å². The van der Waals surface area contributed by atoms with Gasteiger partial charge in [0.25, 0.3) is 5.91 Å². The van der Waals surface area contributed by atoms with E-state index in [0.717, 1.165) is 16.8 Å². The Hall–Kier alpha value is -2.59. The van der Waals surface area contributed by atoms with Crippen LogP contribution in [0.5, 0.6) is 0 Å². The Morgan fingerprint density at radius 3 is 2.59 bits per heavy atom. The summed E-state index contributed by atoms with van der Waals surface area (Å²) in [5.41, 5.74) is 3.33. The van der Waals surface area contributed by atoms with Gasteiger partial charge in [0.15, 0.2) is 0 Å². The van der Waals surface area contributed by atoms with Gasteiger partial charge in [0, 0.05) is 21.8 Å². The number of carbonyl (C=O) groups excluding carboxylic acids is 2. The van der Waals surface area contributed by atoms with Gasteiger partial charge in [0.05, 0.1) is 12.7 Å². The zero-order valence-electron chi connectivity index (χ0n) is 11.7. The Kier molecular flexibility index (Phi) is 3.69. The molecule has 0 bridgehead atoms. The smallest absolute Gasteiger partial charge is 0.337 e. The average Bonchev–Trinajstić information content (AvgIpc) is 2.83. The van der Waals surface area contributed by atoms with E-state index in [9.17, 15) is 9.59 Å². The molecule has 0 fully saturated rings. The summed E-state index contributed by atoms with van der Waals surface area (Å²) < 4.78 is 4.65. The number of nitrogens with one attached hydrogen (secondary N) is 1. The van der Waals surface area contributed by atoms with Gasteiger partial charge >= 0.3 is 5.97 Å². The molecule has 1 aliphatic heterocycles. The van der Waals surface area contributed by atoms with Gasteiger partial charge in [-0.05, 0) is 42.0 Å². The Morgan fingerprint density at radius 2 is 1.91 bits per heavy atom. The van der Waals surface area contributed by atoms with Crippen molar-refractivity contribution in [1.82, 2.24) is 0 Å². The quantitative estimate of drug-likeness (QED) is 0.680. The largest absolute Gasteiger partial charge is 0.465 e. The van der Waals surface area contributed by atoms with E-state index in [1.807, 2.05) is 0 Å². The Morgan fingerprint density at radius 1 is 1.18 bits per heavy atom. The average molecular weight is 314 g/mol. The van der Waals surface area contributed by atoms with Crippen LogP contribution in [0.15, 0.2) is 42.5 Å². The molecule has 0 saturated heterocycles. The Balaban J connectivity index is 1.97. The molecule has 1 N–H and O–H groups in total. The molecule has 0 spiro atoms. The molecule has 0 aromatic heterocycles. The molecule has 0 unspecified atom stereocenters. The van der Waals surface area contributed by atoms with E-state index < -0.39 is 5.97 Å². The molecule has 1 aliphatic rings. The number of anilines is 1. The third-order valence-corrected chi connectivity index (χ3v) is 3.64. The van der Waals surface area contributed by atoms with Gasteiger partial charge in [0.2, 0.25) is 0 Å². The number of carbonyl (C=O) groups is 2. The molecule has 5 heteroatoms. The highest BCUT2D eigenvalue weighted by Gasteiger charge is 2.24. The number of rotatable bonds is 2. The van der Waals surface area contributed by atoms with Crippen molar-refractivity contribution >= 4 is 40.8 Å². The fraction of sp³-hybridized carbons (Fsp3) is 0.0588. The van der Waals surface area contributed by atoms with Crippen LogP contribution in [-0.4, -0.2) is 19.0 Å². The summed E-state index contributed by atoms with van der Waals surface area (Å²) in [6.45, 7) is 0. The van der Waals surface area contributed by atoms with E-state index in [0.29, 0.717) is 16.2 Å². The third-order valence-electron chi connectivity index (χ3n) is 3.41. The fourth-order valence-corrected chi connectivity index (χ4v) is 2.48. The minimum atomic E-state index is -0.394. The first-order valence-corrected chi connectivity index (χ1v) is 6.97. The second-order valence-corrected chi connectivity index (χ2v) is 5.25. The molecule has 0 radical (unpaired) electrons. The van der Waals surface area contributed by atoms with Crippen LogP contribution in [-0.2, 0) is 9.53 Å². The van der Waals surface area contributed by atoms with Crippen LogP contribution in [0, 0.1) is 0 Å². The van der Waals surface area contributed by atoms with Gasteiger partial charge in [-0.25, -0.2) is 4.79 Å². The second-order valence-electron chi connectivity index (χ2n) is 4.82. The molecule has 22 heavy (non-hydrogen) atoms. The van der Waals surface area contributed by atoms with Crippen molar-refractivity contribution in [3.8, 4) is 0 Å². The molecule has 0 aliphatic carbocycles. The zero-order valence-corrected chi connectivity index (χ0v) is 12.5. The Bertz CT molecular complexity index is 794. The van der Waals surface area contributed by atoms with Crippen LogP contribution in [0.2, 0.25) is 5.02 Å². The highest BCUT2D eigenvalue weighted by Crippen LogP contribution is 2.34. The summed E-state index contributed by atoms with van der Waals surface area (Å²) in [7, 11) is 1.34. The van der Waals surface area contributed by atoms with Crippen molar-refractivity contribution in [1.29, 1.82) is 0 Å². The number of hydrogen-bond acceptors (Lipinski definition) is 3. The standard InChI is InChI=1S/C17H12ClNO3/c1-22-17(21)11-4-2-10(3-5-11)8-14-13-9-12(18)6-7-15(13)19-16(14)20/h2-9H,1H3,(H,19,20). The van der Waals surface area contributed by atoms with Crippen LogP contribution in [0.4, 0.5) is 5.69 Å². The second kappa shape index (κ2) is 5.66. The van der Waals surface area contributed by atoms with Crippen LogP contribution in [0.25, 0.3) is 11.6 Å². The molecule has 0 saturated carbocycles. The lowest BCUT2D eigenvalue weighted by atomic mass is 10.0. The van der Waals surface area contributed by atoms with Gasteiger partial charge in [0.1, 0.15) is 0 Å². The molecule has 4 nitrogen and oxygen atoms in total. The SMILES string of the molecule is COC(=O)c1ccc(C=C2C(=O)Nc3ccc(Cl)cc32)cc1. The molecule has 1 heterocycles. The highest BCUT2D eigenvalue weighted by molar-refractivity contribution is 6.36. The molecule has 110 valence electrons. The summed E-state index contributed by atoms with van der Waals surface area (Å²) in [6.07, 6.45) is 1.76. The topological polar surface area (TPSA) is 55.4 Å². The number of hydrogen-bond donors (Lipinski definition) is 1. The number of esters is 1. The van der Waals surface area contributed by atoms with Gasteiger partial charge in [-0.1, -0.05) is 23.7 Å². The summed E-state index contributed by atoms with van der Waals surface area (Å²) in [5, 5.41) is 3.37. The number of ether oxygens (including phenoxy) is 1. The van der Waals surface area contributed by atoms with E-state index in [2.05, 4.69) is 10.1 Å². The maximum Gasteiger partial charge on any atom is 0.337 e. The van der Waals surface area contributed by atoms with Crippen molar-refractivity contribution in [3.05, 3.63) is 64.2 Å². The molecular formula is C17H12ClNO3. The number of benzene rings is 2. The fourth-order valence-electron chi connectivity index (χ4n) is 2.30. The van der Waals surface area contributed by atoms with Gasteiger partial charge in [-0.3, -0.25) is 4.79 Å². The van der Waals surface area contributed by atoms with E-state index in [1.54, 1.807) is 48.5 Å². The predicted octanol–water partition coefficient (Wildman–Crippen LogP) is 3.62. The minimum absolute atomic E-state index is 0.172. The zero-order chi connectivity index (χ0) is 15.7. The van der Waals surface area contributed by atoms with Crippen LogP contribution < -0.4 is 5.32 Å². The minimum Gasteiger partial charge on any atom is -0.465 e. The maximum absolute atomic E-state index is 12.1. The highest BCUT2D eigenvalue weighted by atomic mass is 35.5. The number of fused-ring (bicyclic) bond motifs is 1. The van der Waals surface area contributed by atoms with Crippen molar-refractivity contribution in [2.45, 2.75) is 0 Å². The van der Waals surface area contributed by atoms with Crippen molar-refractivity contribution in [2.24, 2.45) is 0 Å². The lowest BCUT2D eigenvalue weighted by Gasteiger charge is -2.01. The van der Waals surface area contributed by atoms with Crippen molar-refractivity contribution < 1.29 is 14.3 Å². The van der Waals surface area contributed by atoms with Gasteiger partial charge in [-0.2, -0.15) is 0 Å². The number of halogens is 1. The molecule has 1 amide bonds. The normalized spacial score (nSPS) is 14.6. The summed E-state index contributed by atoms with van der Waals surface area (Å²) in [6, 6.07) is 12.1. The first-order valence-electron chi connectivity index (χ1n) is 6.60. The summed E-state index contributed by atoms with van der Waals surface area (Å²) in [5.74, 6) is -0.566. The van der Waals surface area contributed by atoms with E-state index in [-0.39, 0.29) is 5.91 Å². The first kappa shape index (κ1) is 14.4. The number of amides is 1. The van der Waals surface area contributed by atoms with E-state index in [1.165, 1.54) is 7.11 Å². The maximum atomic E-state index is 12.1. The Labute approximate surface area is 132 Å². The first-order chi connectivity index (χ1) is 10.6. The van der Waals surface area contributed by atoms with Crippen molar-refractivity contribution in [2.75, 3.05) is 12.4 Å². The molecular weight excluding hydrogens is 302 g/mol. The number of methoxy groups -OCH3 is 1. The third kappa shape index (κ3) is 2.61. The van der Waals surface area contributed by atoms with Gasteiger partial charge < -0.3 is 10.1 Å². The van der Waals surface area contributed by atoms with Crippen molar-refractivity contribution in [3.63, 3.8) is 0 Å². The van der Waals surface area contributed by atoms with Gasteiger partial charge in [-0.15, -0.1) is 0 Å². The molecule has 0 atom stereocenters. The lowest BCUT2D eigenvalue weighted by molar-refractivity contribution is -0.110. The van der Waals surface area contributed by atoms with Crippen LogP contribution in [0.3, 0.4) is 0 Å². The molecule has 2 aromatic carbocycles. The van der Waals surface area contributed by atoms with Crippen LogP contribution in [0.1, 0.15) is 21.5 Å².